The molecule has 2 aromatic heterocycles. The molecule has 1 aliphatic carbocycles. The molecule has 0 spiro atoms. The molecule has 0 bridgehead atoms. The van der Waals surface area contributed by atoms with Gasteiger partial charge in [-0.1, -0.05) is 0 Å². The highest BCUT2D eigenvalue weighted by atomic mass is 16.5. The molecule has 0 aromatic carbocycles. The van der Waals surface area contributed by atoms with E-state index in [2.05, 4.69) is 33.7 Å². The second-order valence-electron chi connectivity index (χ2n) is 7.98. The number of ether oxygens (including phenoxy) is 1. The monoisotopic (exact) mass is 342 g/mol. The van der Waals surface area contributed by atoms with Crippen LogP contribution in [-0.4, -0.2) is 32.1 Å². The Morgan fingerprint density at radius 2 is 2.12 bits per heavy atom. The Morgan fingerprint density at radius 3 is 2.76 bits per heavy atom. The van der Waals surface area contributed by atoms with E-state index in [4.69, 9.17) is 4.74 Å². The van der Waals surface area contributed by atoms with E-state index in [9.17, 15) is 4.79 Å². The third-order valence-corrected chi connectivity index (χ3v) is 5.33. The molecule has 6 nitrogen and oxygen atoms in total. The van der Waals surface area contributed by atoms with Crippen molar-refractivity contribution in [2.45, 2.75) is 77.0 Å². The molecule has 1 saturated heterocycles. The minimum Gasteiger partial charge on any atom is -0.372 e. The lowest BCUT2D eigenvalue weighted by Crippen LogP contribution is -2.26. The molecule has 0 unspecified atom stereocenters. The van der Waals surface area contributed by atoms with Gasteiger partial charge in [-0.25, -0.2) is 9.97 Å². The van der Waals surface area contributed by atoms with Crippen molar-refractivity contribution in [1.82, 2.24) is 14.5 Å². The van der Waals surface area contributed by atoms with Crippen LogP contribution in [0.1, 0.15) is 64.1 Å². The largest absolute Gasteiger partial charge is 0.372 e. The van der Waals surface area contributed by atoms with Crippen LogP contribution in [0.5, 0.6) is 0 Å². The number of carbonyl (C=O) groups excluding carboxylic acids is 1. The third kappa shape index (κ3) is 3.27. The highest BCUT2D eigenvalue weighted by molar-refractivity contribution is 5.91. The smallest absolute Gasteiger partial charge is 0.229 e. The molecular formula is C19H26N4O2. The van der Waals surface area contributed by atoms with Gasteiger partial charge in [0.1, 0.15) is 5.52 Å². The molecule has 1 aliphatic heterocycles. The Bertz CT molecular complexity index is 807. The van der Waals surface area contributed by atoms with Gasteiger partial charge in [0.25, 0.3) is 0 Å². The standard InChI is InChI=1S/C19H26N4O2/c1-12-7-8-15-17(20-12)23(13-5-4-6-13)18(21-15)22-16(24)11-14-9-10-19(2,3)25-14/h7-8,13-14H,4-6,9-11H2,1-3H3,(H,21,22,24)/t14-/m0/s1. The molecule has 3 heterocycles. The summed E-state index contributed by atoms with van der Waals surface area (Å²) in [5.74, 6) is 0.593. The van der Waals surface area contributed by atoms with E-state index in [1.54, 1.807) is 0 Å². The fraction of sp³-hybridized carbons (Fsp3) is 0.632. The normalized spacial score (nSPS) is 22.9. The van der Waals surface area contributed by atoms with Crippen LogP contribution >= 0.6 is 0 Å². The number of imidazole rings is 1. The van der Waals surface area contributed by atoms with Crippen molar-refractivity contribution in [2.75, 3.05) is 5.32 Å². The van der Waals surface area contributed by atoms with E-state index < -0.39 is 0 Å². The third-order valence-electron chi connectivity index (χ3n) is 5.33. The number of aryl methyl sites for hydroxylation is 1. The van der Waals surface area contributed by atoms with E-state index in [0.717, 1.165) is 42.5 Å². The van der Waals surface area contributed by atoms with Gasteiger partial charge in [-0.05, 0) is 65.0 Å². The van der Waals surface area contributed by atoms with Crippen molar-refractivity contribution >= 4 is 23.0 Å². The van der Waals surface area contributed by atoms with Crippen molar-refractivity contribution in [3.05, 3.63) is 17.8 Å². The molecule has 134 valence electrons. The lowest BCUT2D eigenvalue weighted by molar-refractivity contribution is -0.119. The summed E-state index contributed by atoms with van der Waals surface area (Å²) in [7, 11) is 0. The molecule has 1 amide bonds. The van der Waals surface area contributed by atoms with Gasteiger partial charge in [-0.3, -0.25) is 14.7 Å². The maximum atomic E-state index is 12.5. The fourth-order valence-corrected chi connectivity index (χ4v) is 3.75. The first-order valence-electron chi connectivity index (χ1n) is 9.24. The molecule has 4 rings (SSSR count). The minimum absolute atomic E-state index is 0.00287. The van der Waals surface area contributed by atoms with Gasteiger partial charge >= 0.3 is 0 Å². The Kier molecular flexibility index (Phi) is 4.02. The number of fused-ring (bicyclic) bond motifs is 1. The van der Waals surface area contributed by atoms with Crippen LogP contribution in [0, 0.1) is 6.92 Å². The van der Waals surface area contributed by atoms with Crippen molar-refractivity contribution in [3.63, 3.8) is 0 Å². The molecule has 0 radical (unpaired) electrons. The van der Waals surface area contributed by atoms with E-state index in [1.807, 2.05) is 19.1 Å². The maximum absolute atomic E-state index is 12.5. The van der Waals surface area contributed by atoms with Gasteiger partial charge in [0.2, 0.25) is 11.9 Å². The number of hydrogen-bond donors (Lipinski definition) is 1. The van der Waals surface area contributed by atoms with E-state index in [1.165, 1.54) is 6.42 Å². The van der Waals surface area contributed by atoms with E-state index >= 15 is 0 Å². The van der Waals surface area contributed by atoms with Gasteiger partial charge < -0.3 is 4.74 Å². The summed E-state index contributed by atoms with van der Waals surface area (Å²) >= 11 is 0. The average molecular weight is 342 g/mol. The lowest BCUT2D eigenvalue weighted by Gasteiger charge is -2.28. The molecule has 1 saturated carbocycles. The number of hydrogen-bond acceptors (Lipinski definition) is 4. The lowest BCUT2D eigenvalue weighted by atomic mass is 9.93. The molecule has 1 N–H and O–H groups in total. The quantitative estimate of drug-likeness (QED) is 0.919. The predicted octanol–water partition coefficient (Wildman–Crippen LogP) is 3.75. The van der Waals surface area contributed by atoms with Gasteiger partial charge in [0.15, 0.2) is 5.65 Å². The topological polar surface area (TPSA) is 69.0 Å². The highest BCUT2D eigenvalue weighted by Gasteiger charge is 2.33. The summed E-state index contributed by atoms with van der Waals surface area (Å²) in [4.78, 5) is 21.8. The minimum atomic E-state index is -0.120. The molecule has 2 aliphatic rings. The Morgan fingerprint density at radius 1 is 1.32 bits per heavy atom. The molecule has 25 heavy (non-hydrogen) atoms. The second kappa shape index (κ2) is 6.09. The van der Waals surface area contributed by atoms with Crippen molar-refractivity contribution in [3.8, 4) is 0 Å². The first-order chi connectivity index (χ1) is 11.9. The first kappa shape index (κ1) is 16.5. The summed E-state index contributed by atoms with van der Waals surface area (Å²) in [6, 6.07) is 4.32. The number of nitrogens with zero attached hydrogens (tertiary/aromatic N) is 3. The number of pyridine rings is 1. The first-order valence-corrected chi connectivity index (χ1v) is 9.24. The zero-order valence-corrected chi connectivity index (χ0v) is 15.2. The zero-order valence-electron chi connectivity index (χ0n) is 15.2. The zero-order chi connectivity index (χ0) is 17.6. The average Bonchev–Trinajstić information content (AvgIpc) is 2.98. The van der Waals surface area contributed by atoms with Crippen molar-refractivity contribution in [2.24, 2.45) is 0 Å². The number of aromatic nitrogens is 3. The van der Waals surface area contributed by atoms with Crippen LogP contribution in [0.3, 0.4) is 0 Å². The van der Waals surface area contributed by atoms with Gasteiger partial charge in [0.05, 0.1) is 18.1 Å². The van der Waals surface area contributed by atoms with Crippen LogP contribution in [0.2, 0.25) is 0 Å². The summed E-state index contributed by atoms with van der Waals surface area (Å²) in [5, 5.41) is 3.02. The summed E-state index contributed by atoms with van der Waals surface area (Å²) in [6.45, 7) is 6.14. The predicted molar refractivity (Wildman–Crippen MR) is 96.6 cm³/mol. The Balaban J connectivity index is 1.55. The Labute approximate surface area is 148 Å². The van der Waals surface area contributed by atoms with Gasteiger partial charge in [0, 0.05) is 11.7 Å². The van der Waals surface area contributed by atoms with Crippen molar-refractivity contribution < 1.29 is 9.53 Å². The van der Waals surface area contributed by atoms with Crippen LogP contribution in [0.25, 0.3) is 11.2 Å². The molecule has 2 aromatic rings. The van der Waals surface area contributed by atoms with Crippen LogP contribution in [-0.2, 0) is 9.53 Å². The van der Waals surface area contributed by atoms with Crippen LogP contribution < -0.4 is 5.32 Å². The molecule has 2 fully saturated rings. The van der Waals surface area contributed by atoms with Crippen LogP contribution in [0.4, 0.5) is 5.95 Å². The Hall–Kier alpha value is -1.95. The fourth-order valence-electron chi connectivity index (χ4n) is 3.75. The summed E-state index contributed by atoms with van der Waals surface area (Å²) in [5.41, 5.74) is 2.56. The number of anilines is 1. The van der Waals surface area contributed by atoms with Gasteiger partial charge in [-0.2, -0.15) is 0 Å². The SMILES string of the molecule is Cc1ccc2nc(NC(=O)C[C@@H]3CCC(C)(C)O3)n(C3CCC3)c2n1. The highest BCUT2D eigenvalue weighted by Crippen LogP contribution is 2.37. The summed E-state index contributed by atoms with van der Waals surface area (Å²) < 4.78 is 8.06. The number of rotatable bonds is 4. The van der Waals surface area contributed by atoms with Crippen molar-refractivity contribution in [1.29, 1.82) is 0 Å². The van der Waals surface area contributed by atoms with E-state index in [0.29, 0.717) is 18.4 Å². The molecule has 1 atom stereocenters. The van der Waals surface area contributed by atoms with E-state index in [-0.39, 0.29) is 17.6 Å². The summed E-state index contributed by atoms with van der Waals surface area (Å²) in [6.07, 6.45) is 5.75. The number of nitrogens with one attached hydrogen (secondary N) is 1. The number of amides is 1. The van der Waals surface area contributed by atoms with Crippen LogP contribution in [0.15, 0.2) is 12.1 Å². The number of carbonyl (C=O) groups is 1. The second-order valence-corrected chi connectivity index (χ2v) is 7.98. The van der Waals surface area contributed by atoms with Gasteiger partial charge in [-0.15, -0.1) is 0 Å². The maximum Gasteiger partial charge on any atom is 0.229 e. The molecular weight excluding hydrogens is 316 g/mol. The molecule has 6 heteroatoms.